The van der Waals surface area contributed by atoms with E-state index in [1.165, 1.54) is 0 Å². The van der Waals surface area contributed by atoms with E-state index in [0.717, 1.165) is 12.1 Å². The number of nitrogens with one attached hydrogen (secondary N) is 1. The highest BCUT2D eigenvalue weighted by Gasteiger charge is 2.01. The van der Waals surface area contributed by atoms with Crippen LogP contribution in [0.25, 0.3) is 0 Å². The molecule has 0 amide bonds. The molecule has 70 valence electrons. The van der Waals surface area contributed by atoms with Gasteiger partial charge in [0.25, 0.3) is 0 Å². The summed E-state index contributed by atoms with van der Waals surface area (Å²) in [6.07, 6.45) is 1.17. The Labute approximate surface area is 79.0 Å². The summed E-state index contributed by atoms with van der Waals surface area (Å²) >= 11 is 0. The van der Waals surface area contributed by atoms with E-state index in [-0.39, 0.29) is 0 Å². The monoisotopic (exact) mass is 177 g/mol. The fourth-order valence-electron chi connectivity index (χ4n) is 1.18. The topological polar surface area (TPSA) is 29.1 Å². The van der Waals surface area contributed by atoms with Crippen molar-refractivity contribution in [2.24, 2.45) is 0 Å². The van der Waals surface area contributed by atoms with Crippen LogP contribution >= 0.6 is 0 Å². The van der Waals surface area contributed by atoms with E-state index in [1.54, 1.807) is 0 Å². The minimum Gasteiger partial charge on any atom is -0.319 e. The van der Waals surface area contributed by atoms with Gasteiger partial charge < -0.3 is 5.32 Å². The van der Waals surface area contributed by atoms with Crippen LogP contribution in [-0.2, 0) is 11.2 Å². The third-order valence-corrected chi connectivity index (χ3v) is 1.90. The summed E-state index contributed by atoms with van der Waals surface area (Å²) in [6, 6.07) is 9.84. The summed E-state index contributed by atoms with van der Waals surface area (Å²) in [5.74, 6) is 0.292. The van der Waals surface area contributed by atoms with Gasteiger partial charge in [-0.05, 0) is 12.6 Å². The standard InChI is InChI=1S/C11H15NO/c1-12-8-7-11(13)9-10-5-3-2-4-6-10/h2-6,12H,7-9H2,1H3. The molecule has 0 spiro atoms. The van der Waals surface area contributed by atoms with Gasteiger partial charge in [0.2, 0.25) is 0 Å². The quantitative estimate of drug-likeness (QED) is 0.736. The highest BCUT2D eigenvalue weighted by molar-refractivity contribution is 5.80. The molecule has 1 aromatic carbocycles. The molecule has 1 rings (SSSR count). The van der Waals surface area contributed by atoms with Crippen molar-refractivity contribution in [2.45, 2.75) is 12.8 Å². The summed E-state index contributed by atoms with van der Waals surface area (Å²) in [5.41, 5.74) is 1.10. The van der Waals surface area contributed by atoms with Crippen molar-refractivity contribution in [1.82, 2.24) is 5.32 Å². The van der Waals surface area contributed by atoms with Crippen molar-refractivity contribution in [2.75, 3.05) is 13.6 Å². The molecule has 0 bridgehead atoms. The molecule has 0 aliphatic rings. The van der Waals surface area contributed by atoms with Crippen LogP contribution in [0.3, 0.4) is 0 Å². The highest BCUT2D eigenvalue weighted by Crippen LogP contribution is 2.01. The number of hydrogen-bond donors (Lipinski definition) is 1. The summed E-state index contributed by atoms with van der Waals surface area (Å²) in [7, 11) is 1.86. The van der Waals surface area contributed by atoms with E-state index < -0.39 is 0 Å². The third kappa shape index (κ3) is 3.85. The molecule has 2 nitrogen and oxygen atoms in total. The smallest absolute Gasteiger partial charge is 0.138 e. The Balaban J connectivity index is 2.37. The van der Waals surface area contributed by atoms with E-state index in [9.17, 15) is 4.79 Å². The maximum Gasteiger partial charge on any atom is 0.138 e. The van der Waals surface area contributed by atoms with Gasteiger partial charge >= 0.3 is 0 Å². The molecular formula is C11H15NO. The van der Waals surface area contributed by atoms with Gasteiger partial charge in [0.1, 0.15) is 5.78 Å². The zero-order valence-corrected chi connectivity index (χ0v) is 7.92. The van der Waals surface area contributed by atoms with Crippen LogP contribution in [0.15, 0.2) is 30.3 Å². The van der Waals surface area contributed by atoms with E-state index >= 15 is 0 Å². The Morgan fingerprint density at radius 3 is 2.62 bits per heavy atom. The molecule has 0 radical (unpaired) electrons. The summed E-state index contributed by atoms with van der Waals surface area (Å²) in [4.78, 5) is 11.3. The van der Waals surface area contributed by atoms with Crippen molar-refractivity contribution >= 4 is 5.78 Å². The number of carbonyl (C=O) groups excluding carboxylic acids is 1. The zero-order chi connectivity index (χ0) is 9.52. The Bertz CT molecular complexity index is 256. The number of rotatable bonds is 5. The Morgan fingerprint density at radius 2 is 2.00 bits per heavy atom. The van der Waals surface area contributed by atoms with Crippen LogP contribution in [0.1, 0.15) is 12.0 Å². The average molecular weight is 177 g/mol. The summed E-state index contributed by atoms with van der Waals surface area (Å²) in [6.45, 7) is 0.770. The van der Waals surface area contributed by atoms with Gasteiger partial charge in [-0.1, -0.05) is 30.3 Å². The van der Waals surface area contributed by atoms with Crippen LogP contribution in [0.4, 0.5) is 0 Å². The first-order chi connectivity index (χ1) is 6.33. The third-order valence-electron chi connectivity index (χ3n) is 1.90. The number of hydrogen-bond acceptors (Lipinski definition) is 2. The number of carbonyl (C=O) groups is 1. The van der Waals surface area contributed by atoms with Gasteiger partial charge in [-0.3, -0.25) is 4.79 Å². The normalized spacial score (nSPS) is 9.92. The fraction of sp³-hybridized carbons (Fsp3) is 0.364. The zero-order valence-electron chi connectivity index (χ0n) is 7.92. The van der Waals surface area contributed by atoms with Gasteiger partial charge in [0.05, 0.1) is 0 Å². The van der Waals surface area contributed by atoms with E-state index in [0.29, 0.717) is 18.6 Å². The predicted octanol–water partition coefficient (Wildman–Crippen LogP) is 1.41. The van der Waals surface area contributed by atoms with Crippen LogP contribution in [0.5, 0.6) is 0 Å². The lowest BCUT2D eigenvalue weighted by Crippen LogP contribution is -2.14. The molecule has 0 aliphatic heterocycles. The molecule has 2 heteroatoms. The molecule has 0 heterocycles. The molecule has 0 atom stereocenters. The average Bonchev–Trinajstić information content (AvgIpc) is 2.16. The van der Waals surface area contributed by atoms with Crippen molar-refractivity contribution in [3.8, 4) is 0 Å². The van der Waals surface area contributed by atoms with Crippen LogP contribution in [0.2, 0.25) is 0 Å². The van der Waals surface area contributed by atoms with Crippen LogP contribution in [-0.4, -0.2) is 19.4 Å². The first-order valence-electron chi connectivity index (χ1n) is 4.53. The molecular weight excluding hydrogens is 162 g/mol. The second-order valence-electron chi connectivity index (χ2n) is 3.05. The number of ketones is 1. The Kier molecular flexibility index (Phi) is 4.19. The molecule has 0 aromatic heterocycles. The summed E-state index contributed by atoms with van der Waals surface area (Å²) in [5, 5.41) is 2.96. The van der Waals surface area contributed by atoms with Gasteiger partial charge in [-0.25, -0.2) is 0 Å². The first kappa shape index (κ1) is 9.93. The number of benzene rings is 1. The Morgan fingerprint density at radius 1 is 1.31 bits per heavy atom. The lowest BCUT2D eigenvalue weighted by molar-refractivity contribution is -0.118. The van der Waals surface area contributed by atoms with Crippen molar-refractivity contribution < 1.29 is 4.79 Å². The molecule has 13 heavy (non-hydrogen) atoms. The van der Waals surface area contributed by atoms with E-state index in [1.807, 2.05) is 37.4 Å². The minimum absolute atomic E-state index is 0.292. The highest BCUT2D eigenvalue weighted by atomic mass is 16.1. The maximum atomic E-state index is 11.3. The lowest BCUT2D eigenvalue weighted by Gasteiger charge is -2.00. The van der Waals surface area contributed by atoms with Crippen molar-refractivity contribution in [3.05, 3.63) is 35.9 Å². The van der Waals surface area contributed by atoms with Gasteiger partial charge in [-0.2, -0.15) is 0 Å². The summed E-state index contributed by atoms with van der Waals surface area (Å²) < 4.78 is 0. The molecule has 0 saturated carbocycles. The van der Waals surface area contributed by atoms with Crippen molar-refractivity contribution in [3.63, 3.8) is 0 Å². The molecule has 1 N–H and O–H groups in total. The first-order valence-corrected chi connectivity index (χ1v) is 4.53. The molecule has 0 aliphatic carbocycles. The van der Waals surface area contributed by atoms with Crippen LogP contribution < -0.4 is 5.32 Å². The minimum atomic E-state index is 0.292. The van der Waals surface area contributed by atoms with Gasteiger partial charge in [-0.15, -0.1) is 0 Å². The molecule has 1 aromatic rings. The Hall–Kier alpha value is -1.15. The SMILES string of the molecule is CNCCC(=O)Cc1ccccc1. The second-order valence-corrected chi connectivity index (χ2v) is 3.05. The largest absolute Gasteiger partial charge is 0.319 e. The van der Waals surface area contributed by atoms with E-state index in [4.69, 9.17) is 0 Å². The molecule has 0 fully saturated rings. The van der Waals surface area contributed by atoms with E-state index in [2.05, 4.69) is 5.32 Å². The van der Waals surface area contributed by atoms with Gasteiger partial charge in [0, 0.05) is 19.4 Å². The molecule has 0 unspecified atom stereocenters. The predicted molar refractivity (Wildman–Crippen MR) is 53.7 cm³/mol. The number of Topliss-reactive ketones (excluding diaryl/α,β-unsaturated/α-hetero) is 1. The second kappa shape index (κ2) is 5.49. The van der Waals surface area contributed by atoms with Gasteiger partial charge in [0.15, 0.2) is 0 Å². The van der Waals surface area contributed by atoms with Crippen molar-refractivity contribution in [1.29, 1.82) is 0 Å². The lowest BCUT2D eigenvalue weighted by atomic mass is 10.1. The maximum absolute atomic E-state index is 11.3. The molecule has 0 saturated heterocycles. The fourth-order valence-corrected chi connectivity index (χ4v) is 1.18. The van der Waals surface area contributed by atoms with Crippen LogP contribution in [0, 0.1) is 0 Å².